The number of benzene rings is 1. The molecule has 1 aliphatic heterocycles. The molecule has 122 valence electrons. The van der Waals surface area contributed by atoms with Crippen LogP contribution in [0.1, 0.15) is 38.2 Å². The zero-order chi connectivity index (χ0) is 15.8. The number of carboxylic acid groups (broad SMARTS) is 1. The number of hydrogen-bond donors (Lipinski definition) is 3. The highest BCUT2D eigenvalue weighted by Gasteiger charge is 2.11. The topological polar surface area (TPSA) is 70.6 Å². The van der Waals surface area contributed by atoms with Crippen molar-refractivity contribution in [3.63, 3.8) is 0 Å². The lowest BCUT2D eigenvalue weighted by Crippen LogP contribution is -2.29. The van der Waals surface area contributed by atoms with Crippen LogP contribution in [0.3, 0.4) is 0 Å². The van der Waals surface area contributed by atoms with Crippen LogP contribution in [0.15, 0.2) is 18.2 Å². The largest absolute Gasteiger partial charge is 0.490 e. The van der Waals surface area contributed by atoms with E-state index in [-0.39, 0.29) is 6.42 Å². The van der Waals surface area contributed by atoms with Gasteiger partial charge in [0.15, 0.2) is 0 Å². The summed E-state index contributed by atoms with van der Waals surface area (Å²) >= 11 is 0. The summed E-state index contributed by atoms with van der Waals surface area (Å²) in [6.07, 6.45) is 4.01. The highest BCUT2D eigenvalue weighted by molar-refractivity contribution is 5.66. The molecule has 1 aromatic rings. The van der Waals surface area contributed by atoms with E-state index in [0.717, 1.165) is 56.8 Å². The van der Waals surface area contributed by atoms with Gasteiger partial charge in [0.25, 0.3) is 0 Å². The lowest BCUT2D eigenvalue weighted by Gasteiger charge is -2.20. The van der Waals surface area contributed by atoms with Crippen LogP contribution < -0.4 is 15.4 Å². The summed E-state index contributed by atoms with van der Waals surface area (Å²) < 4.78 is 5.58. The van der Waals surface area contributed by atoms with Crippen molar-refractivity contribution in [2.45, 2.75) is 45.1 Å². The van der Waals surface area contributed by atoms with Crippen molar-refractivity contribution in [3.05, 3.63) is 23.8 Å². The van der Waals surface area contributed by atoms with Gasteiger partial charge in [-0.2, -0.15) is 0 Å². The van der Waals surface area contributed by atoms with E-state index in [4.69, 9.17) is 9.84 Å². The lowest BCUT2D eigenvalue weighted by molar-refractivity contribution is -0.137. The summed E-state index contributed by atoms with van der Waals surface area (Å²) in [6, 6.07) is 6.73. The molecule has 1 heterocycles. The van der Waals surface area contributed by atoms with Gasteiger partial charge in [-0.25, -0.2) is 0 Å². The van der Waals surface area contributed by atoms with Crippen LogP contribution >= 0.6 is 0 Å². The SMILES string of the molecule is CC(Cc1ccc2c(c1)NCCO2)NCCCCCC(=O)O. The molecule has 1 aromatic carbocycles. The fourth-order valence-electron chi connectivity index (χ4n) is 2.67. The van der Waals surface area contributed by atoms with Gasteiger partial charge < -0.3 is 20.5 Å². The molecule has 0 bridgehead atoms. The van der Waals surface area contributed by atoms with E-state index in [1.54, 1.807) is 0 Å². The third kappa shape index (κ3) is 5.56. The van der Waals surface area contributed by atoms with E-state index in [9.17, 15) is 4.79 Å². The summed E-state index contributed by atoms with van der Waals surface area (Å²) in [5, 5.41) is 15.4. The fraction of sp³-hybridized carbons (Fsp3) is 0.588. The molecule has 22 heavy (non-hydrogen) atoms. The monoisotopic (exact) mass is 306 g/mol. The summed E-state index contributed by atoms with van der Waals surface area (Å²) in [4.78, 5) is 10.4. The Morgan fingerprint density at radius 1 is 1.41 bits per heavy atom. The van der Waals surface area contributed by atoms with E-state index >= 15 is 0 Å². The van der Waals surface area contributed by atoms with Crippen LogP contribution in [0.25, 0.3) is 0 Å². The first-order chi connectivity index (χ1) is 10.6. The molecule has 0 spiro atoms. The molecule has 5 nitrogen and oxygen atoms in total. The predicted molar refractivity (Wildman–Crippen MR) is 87.7 cm³/mol. The number of carboxylic acids is 1. The molecule has 1 aliphatic rings. The number of hydrogen-bond acceptors (Lipinski definition) is 4. The smallest absolute Gasteiger partial charge is 0.303 e. The number of fused-ring (bicyclic) bond motifs is 1. The van der Waals surface area contributed by atoms with Crippen LogP contribution in [0.4, 0.5) is 5.69 Å². The first-order valence-electron chi connectivity index (χ1n) is 8.10. The van der Waals surface area contributed by atoms with Crippen LogP contribution in [0, 0.1) is 0 Å². The van der Waals surface area contributed by atoms with Gasteiger partial charge in [0.2, 0.25) is 0 Å². The Hall–Kier alpha value is -1.75. The Morgan fingerprint density at radius 2 is 2.27 bits per heavy atom. The average Bonchev–Trinajstić information content (AvgIpc) is 2.50. The van der Waals surface area contributed by atoms with E-state index in [2.05, 4.69) is 29.7 Å². The number of ether oxygens (including phenoxy) is 1. The van der Waals surface area contributed by atoms with Crippen molar-refractivity contribution in [1.82, 2.24) is 5.32 Å². The van der Waals surface area contributed by atoms with E-state index in [1.807, 2.05) is 6.07 Å². The third-order valence-corrected chi connectivity index (χ3v) is 3.82. The number of carbonyl (C=O) groups is 1. The third-order valence-electron chi connectivity index (χ3n) is 3.82. The Balaban J connectivity index is 1.66. The molecule has 1 atom stereocenters. The van der Waals surface area contributed by atoms with Crippen molar-refractivity contribution in [3.8, 4) is 5.75 Å². The molecule has 1 unspecified atom stereocenters. The number of anilines is 1. The Morgan fingerprint density at radius 3 is 3.09 bits per heavy atom. The molecule has 0 saturated carbocycles. The number of unbranched alkanes of at least 4 members (excludes halogenated alkanes) is 2. The number of nitrogens with one attached hydrogen (secondary N) is 2. The number of rotatable bonds is 9. The maximum Gasteiger partial charge on any atom is 0.303 e. The zero-order valence-corrected chi connectivity index (χ0v) is 13.2. The summed E-state index contributed by atoms with van der Waals surface area (Å²) in [6.45, 7) is 4.71. The normalized spacial score (nSPS) is 14.6. The Bertz CT molecular complexity index is 491. The van der Waals surface area contributed by atoms with Gasteiger partial charge in [0.05, 0.1) is 5.69 Å². The van der Waals surface area contributed by atoms with Crippen molar-refractivity contribution in [1.29, 1.82) is 0 Å². The molecule has 0 aromatic heterocycles. The second-order valence-corrected chi connectivity index (χ2v) is 5.87. The molecule has 0 amide bonds. The summed E-state index contributed by atoms with van der Waals surface area (Å²) in [5.41, 5.74) is 2.38. The van der Waals surface area contributed by atoms with Gasteiger partial charge in [-0.1, -0.05) is 12.5 Å². The Kier molecular flexibility index (Phi) is 6.52. The zero-order valence-electron chi connectivity index (χ0n) is 13.2. The molecule has 0 saturated heterocycles. The van der Waals surface area contributed by atoms with Crippen molar-refractivity contribution >= 4 is 11.7 Å². The highest BCUT2D eigenvalue weighted by atomic mass is 16.5. The van der Waals surface area contributed by atoms with Gasteiger partial charge in [0.1, 0.15) is 12.4 Å². The highest BCUT2D eigenvalue weighted by Crippen LogP contribution is 2.28. The predicted octanol–water partition coefficient (Wildman–Crippen LogP) is 2.66. The quantitative estimate of drug-likeness (QED) is 0.612. The molecule has 0 aliphatic carbocycles. The molecule has 0 fully saturated rings. The van der Waals surface area contributed by atoms with E-state index < -0.39 is 5.97 Å². The van der Waals surface area contributed by atoms with Gasteiger partial charge in [0, 0.05) is 19.0 Å². The number of aliphatic carboxylic acids is 1. The van der Waals surface area contributed by atoms with Crippen molar-refractivity contribution in [2.24, 2.45) is 0 Å². The molecular formula is C17H26N2O3. The van der Waals surface area contributed by atoms with Crippen LogP contribution in [-0.2, 0) is 11.2 Å². The van der Waals surface area contributed by atoms with Crippen LogP contribution in [0.2, 0.25) is 0 Å². The molecular weight excluding hydrogens is 280 g/mol. The second-order valence-electron chi connectivity index (χ2n) is 5.87. The minimum absolute atomic E-state index is 0.278. The first kappa shape index (κ1) is 16.6. The molecule has 2 rings (SSSR count). The fourth-order valence-corrected chi connectivity index (χ4v) is 2.67. The van der Waals surface area contributed by atoms with Gasteiger partial charge in [-0.3, -0.25) is 4.79 Å². The lowest BCUT2D eigenvalue weighted by atomic mass is 10.1. The molecule has 0 radical (unpaired) electrons. The minimum Gasteiger partial charge on any atom is -0.490 e. The molecule has 3 N–H and O–H groups in total. The summed E-state index contributed by atoms with van der Waals surface area (Å²) in [7, 11) is 0. The second kappa shape index (κ2) is 8.63. The average molecular weight is 306 g/mol. The standard InChI is InChI=1S/C17H26N2O3/c1-13(18-8-4-2-3-5-17(20)21)11-14-6-7-16-15(12-14)19-9-10-22-16/h6-7,12-13,18-19H,2-5,8-11H2,1H3,(H,20,21). The van der Waals surface area contributed by atoms with E-state index in [1.165, 1.54) is 5.56 Å². The summed E-state index contributed by atoms with van der Waals surface area (Å²) in [5.74, 6) is 0.236. The first-order valence-corrected chi connectivity index (χ1v) is 8.10. The maximum atomic E-state index is 10.4. The van der Waals surface area contributed by atoms with Crippen LogP contribution in [0.5, 0.6) is 5.75 Å². The van der Waals surface area contributed by atoms with E-state index in [0.29, 0.717) is 6.04 Å². The Labute approximate surface area is 132 Å². The molecule has 5 heteroatoms. The van der Waals surface area contributed by atoms with Crippen molar-refractivity contribution in [2.75, 3.05) is 25.0 Å². The van der Waals surface area contributed by atoms with Crippen LogP contribution in [-0.4, -0.2) is 36.8 Å². The minimum atomic E-state index is -0.702. The maximum absolute atomic E-state index is 10.4. The van der Waals surface area contributed by atoms with Gasteiger partial charge >= 0.3 is 5.97 Å². The van der Waals surface area contributed by atoms with Crippen molar-refractivity contribution < 1.29 is 14.6 Å². The van der Waals surface area contributed by atoms with Gasteiger partial charge in [-0.15, -0.1) is 0 Å². The van der Waals surface area contributed by atoms with Gasteiger partial charge in [-0.05, 0) is 50.4 Å².